The minimum absolute atomic E-state index is 0.0151. The number of hydrogen-bond acceptors (Lipinski definition) is 3. The molecule has 0 bridgehead atoms. The first-order valence-electron chi connectivity index (χ1n) is 6.61. The van der Waals surface area contributed by atoms with Crippen LogP contribution in [-0.4, -0.2) is 19.3 Å². The molecule has 1 rings (SSSR count). The van der Waals surface area contributed by atoms with Gasteiger partial charge in [-0.3, -0.25) is 0 Å². The highest BCUT2D eigenvalue weighted by molar-refractivity contribution is 6.30. The van der Waals surface area contributed by atoms with Crippen molar-refractivity contribution in [1.29, 1.82) is 0 Å². The molecule has 112 valence electrons. The van der Waals surface area contributed by atoms with Crippen molar-refractivity contribution in [2.45, 2.75) is 39.8 Å². The van der Waals surface area contributed by atoms with E-state index >= 15 is 0 Å². The molecule has 1 aromatic rings. The summed E-state index contributed by atoms with van der Waals surface area (Å²) in [6, 6.07) is 3.66. The number of methoxy groups -OCH3 is 1. The molecule has 0 fully saturated rings. The third-order valence-electron chi connectivity index (χ3n) is 2.59. The maximum Gasteiger partial charge on any atom is 0.166 e. The van der Waals surface area contributed by atoms with Crippen molar-refractivity contribution >= 4 is 11.6 Å². The molecule has 3 nitrogen and oxygen atoms in total. The summed E-state index contributed by atoms with van der Waals surface area (Å²) in [4.78, 5) is 0. The van der Waals surface area contributed by atoms with Crippen LogP contribution in [0.4, 0.5) is 0 Å². The number of benzene rings is 1. The summed E-state index contributed by atoms with van der Waals surface area (Å²) in [6.45, 7) is 13.2. The van der Waals surface area contributed by atoms with E-state index < -0.39 is 0 Å². The molecule has 0 spiro atoms. The maximum absolute atomic E-state index is 6.13. The highest BCUT2D eigenvalue weighted by Gasteiger charge is 2.16. The molecule has 1 N–H and O–H groups in total. The summed E-state index contributed by atoms with van der Waals surface area (Å²) < 4.78 is 11.2. The van der Waals surface area contributed by atoms with E-state index in [-0.39, 0.29) is 5.54 Å². The fourth-order valence-electron chi connectivity index (χ4n) is 1.63. The predicted molar refractivity (Wildman–Crippen MR) is 84.9 cm³/mol. The maximum atomic E-state index is 6.13. The smallest absolute Gasteiger partial charge is 0.166 e. The van der Waals surface area contributed by atoms with Crippen LogP contribution in [0.25, 0.3) is 0 Å². The lowest BCUT2D eigenvalue weighted by Gasteiger charge is -2.22. The Morgan fingerprint density at radius 3 is 2.50 bits per heavy atom. The summed E-state index contributed by atoms with van der Waals surface area (Å²) in [5.74, 6) is 1.36. The van der Waals surface area contributed by atoms with Gasteiger partial charge in [-0.15, -0.1) is 0 Å². The molecule has 0 aliphatic heterocycles. The van der Waals surface area contributed by atoms with Gasteiger partial charge in [0.1, 0.15) is 6.61 Å². The molecule has 20 heavy (non-hydrogen) atoms. The molecule has 0 radical (unpaired) electrons. The van der Waals surface area contributed by atoms with Gasteiger partial charge in [0.25, 0.3) is 0 Å². The summed E-state index contributed by atoms with van der Waals surface area (Å²) in [7, 11) is 1.61. The zero-order valence-electron chi connectivity index (χ0n) is 13.0. The summed E-state index contributed by atoms with van der Waals surface area (Å²) in [6.07, 6.45) is 0. The van der Waals surface area contributed by atoms with Gasteiger partial charge in [0.05, 0.1) is 7.11 Å². The van der Waals surface area contributed by atoms with Crippen LogP contribution in [0.1, 0.15) is 33.3 Å². The third-order valence-corrected chi connectivity index (χ3v) is 2.81. The average Bonchev–Trinajstić information content (AvgIpc) is 2.33. The van der Waals surface area contributed by atoms with Gasteiger partial charge >= 0.3 is 0 Å². The van der Waals surface area contributed by atoms with Crippen LogP contribution in [0.2, 0.25) is 5.02 Å². The van der Waals surface area contributed by atoms with Crippen LogP contribution in [-0.2, 0) is 6.54 Å². The fourth-order valence-corrected chi connectivity index (χ4v) is 1.86. The van der Waals surface area contributed by atoms with Crippen molar-refractivity contribution in [2.75, 3.05) is 13.7 Å². The highest BCUT2D eigenvalue weighted by Crippen LogP contribution is 2.35. The van der Waals surface area contributed by atoms with Gasteiger partial charge in [0.2, 0.25) is 0 Å². The van der Waals surface area contributed by atoms with E-state index in [2.05, 4.69) is 32.7 Å². The molecule has 0 aromatic heterocycles. The van der Waals surface area contributed by atoms with E-state index in [1.54, 1.807) is 13.2 Å². The third kappa shape index (κ3) is 5.43. The van der Waals surface area contributed by atoms with Crippen LogP contribution >= 0.6 is 11.6 Å². The largest absolute Gasteiger partial charge is 0.493 e. The second kappa shape index (κ2) is 7.00. The van der Waals surface area contributed by atoms with Crippen LogP contribution in [0, 0.1) is 0 Å². The standard InChI is InChI=1S/C16H24ClNO2/c1-11(2)10-20-15-12(9-18-16(3,4)5)7-13(17)8-14(15)19-6/h7-8,18H,1,9-10H2,2-6H3. The highest BCUT2D eigenvalue weighted by atomic mass is 35.5. The molecule has 0 saturated heterocycles. The lowest BCUT2D eigenvalue weighted by Crippen LogP contribution is -2.35. The Hall–Kier alpha value is -1.19. The second-order valence-electron chi connectivity index (χ2n) is 5.95. The van der Waals surface area contributed by atoms with Crippen molar-refractivity contribution in [1.82, 2.24) is 5.32 Å². The van der Waals surface area contributed by atoms with Gasteiger partial charge in [0.15, 0.2) is 11.5 Å². The average molecular weight is 298 g/mol. The van der Waals surface area contributed by atoms with Gasteiger partial charge in [-0.2, -0.15) is 0 Å². The molecule has 0 aliphatic rings. The topological polar surface area (TPSA) is 30.5 Å². The second-order valence-corrected chi connectivity index (χ2v) is 6.38. The molecule has 0 unspecified atom stereocenters. The lowest BCUT2D eigenvalue weighted by atomic mass is 10.1. The Morgan fingerprint density at radius 1 is 1.35 bits per heavy atom. The molecule has 0 heterocycles. The Morgan fingerprint density at radius 2 is 2.00 bits per heavy atom. The number of ether oxygens (including phenoxy) is 2. The molecule has 0 atom stereocenters. The van der Waals surface area contributed by atoms with Gasteiger partial charge in [-0.1, -0.05) is 18.2 Å². The minimum atomic E-state index is 0.0151. The summed E-state index contributed by atoms with van der Waals surface area (Å²) in [5, 5.41) is 4.06. The summed E-state index contributed by atoms with van der Waals surface area (Å²) >= 11 is 6.13. The number of halogens is 1. The number of nitrogens with one attached hydrogen (secondary N) is 1. The first-order valence-corrected chi connectivity index (χ1v) is 6.99. The molecule has 0 aliphatic carbocycles. The Labute approximate surface area is 126 Å². The summed E-state index contributed by atoms with van der Waals surface area (Å²) in [5.41, 5.74) is 1.95. The van der Waals surface area contributed by atoms with Crippen molar-refractivity contribution in [3.8, 4) is 11.5 Å². The van der Waals surface area contributed by atoms with Gasteiger partial charge in [-0.25, -0.2) is 0 Å². The van der Waals surface area contributed by atoms with E-state index in [1.165, 1.54) is 0 Å². The van der Waals surface area contributed by atoms with E-state index in [0.717, 1.165) is 16.9 Å². The van der Waals surface area contributed by atoms with Crippen molar-refractivity contribution < 1.29 is 9.47 Å². The van der Waals surface area contributed by atoms with E-state index in [4.69, 9.17) is 21.1 Å². The van der Waals surface area contributed by atoms with Crippen molar-refractivity contribution in [2.24, 2.45) is 0 Å². The van der Waals surface area contributed by atoms with Gasteiger partial charge in [0, 0.05) is 28.7 Å². The predicted octanol–water partition coefficient (Wildman–Crippen LogP) is 4.19. The molecular formula is C16H24ClNO2. The molecule has 0 amide bonds. The fraction of sp³-hybridized carbons (Fsp3) is 0.500. The van der Waals surface area contributed by atoms with Gasteiger partial charge in [-0.05, 0) is 39.3 Å². The Balaban J connectivity index is 3.04. The lowest BCUT2D eigenvalue weighted by molar-refractivity contribution is 0.313. The number of hydrogen-bond donors (Lipinski definition) is 1. The molecule has 0 saturated carbocycles. The SMILES string of the molecule is C=C(C)COc1c(CNC(C)(C)C)cc(Cl)cc1OC. The van der Waals surface area contributed by atoms with E-state index in [9.17, 15) is 0 Å². The molecule has 4 heteroatoms. The molecule has 1 aromatic carbocycles. The van der Waals surface area contributed by atoms with E-state index in [1.807, 2.05) is 13.0 Å². The van der Waals surface area contributed by atoms with Crippen molar-refractivity contribution in [3.05, 3.63) is 34.9 Å². The monoisotopic (exact) mass is 297 g/mol. The van der Waals surface area contributed by atoms with E-state index in [0.29, 0.717) is 23.9 Å². The van der Waals surface area contributed by atoms with Crippen LogP contribution in [0.5, 0.6) is 11.5 Å². The Bertz CT molecular complexity index is 478. The Kier molecular flexibility index (Phi) is 5.90. The first kappa shape index (κ1) is 16.9. The first-order chi connectivity index (χ1) is 9.23. The quantitative estimate of drug-likeness (QED) is 0.799. The zero-order valence-corrected chi connectivity index (χ0v) is 13.7. The molecular weight excluding hydrogens is 274 g/mol. The van der Waals surface area contributed by atoms with Crippen molar-refractivity contribution in [3.63, 3.8) is 0 Å². The van der Waals surface area contributed by atoms with Gasteiger partial charge < -0.3 is 14.8 Å². The minimum Gasteiger partial charge on any atom is -0.493 e. The van der Waals surface area contributed by atoms with Crippen LogP contribution < -0.4 is 14.8 Å². The van der Waals surface area contributed by atoms with Crippen LogP contribution in [0.3, 0.4) is 0 Å². The van der Waals surface area contributed by atoms with Crippen LogP contribution in [0.15, 0.2) is 24.3 Å². The normalized spacial score (nSPS) is 11.3. The number of rotatable bonds is 6. The zero-order chi connectivity index (χ0) is 15.3.